The van der Waals surface area contributed by atoms with Crippen LogP contribution in [0.25, 0.3) is 11.0 Å². The first-order valence-electron chi connectivity index (χ1n) is 13.7. The number of nitrogens with zero attached hydrogens (tertiary/aromatic N) is 4. The molecule has 0 N–H and O–H groups in total. The average Bonchev–Trinajstić information content (AvgIpc) is 3.56. The van der Waals surface area contributed by atoms with Crippen molar-refractivity contribution in [3.8, 4) is 17.6 Å². The molecule has 1 fully saturated rings. The minimum absolute atomic E-state index is 0.000698. The standard InChI is InChI=1S/C31H32F2N4O4/c1-30(2,3)41-29(39)36-14-13-31(4,17-36)12-11-18-9-10-20-21(15-18)37-22-16-23(26(37)34-20)35(5)27(38)19-7-6-8-24(25(19)22)40-28(32)33/h6-10,15,22-23,28H,13-14,16-17H2,1-5H3/t22-,23?,31?/m1/s1. The minimum atomic E-state index is -3.01. The van der Waals surface area contributed by atoms with E-state index in [4.69, 9.17) is 14.5 Å². The van der Waals surface area contributed by atoms with E-state index in [9.17, 15) is 18.4 Å². The van der Waals surface area contributed by atoms with Gasteiger partial charge < -0.3 is 23.8 Å². The molecule has 6 rings (SSSR count). The third-order valence-electron chi connectivity index (χ3n) is 8.04. The number of aromatic nitrogens is 2. The van der Waals surface area contributed by atoms with Crippen LogP contribution in [-0.4, -0.2) is 63.7 Å². The third-order valence-corrected chi connectivity index (χ3v) is 8.04. The molecule has 3 aliphatic heterocycles. The fourth-order valence-electron chi connectivity index (χ4n) is 6.13. The first-order chi connectivity index (χ1) is 19.3. The van der Waals surface area contributed by atoms with Crippen LogP contribution in [0.2, 0.25) is 0 Å². The van der Waals surface area contributed by atoms with E-state index in [0.717, 1.165) is 23.0 Å². The zero-order chi connectivity index (χ0) is 29.3. The summed E-state index contributed by atoms with van der Waals surface area (Å²) in [6.45, 7) is 5.62. The number of hydrogen-bond donors (Lipinski definition) is 0. The summed E-state index contributed by atoms with van der Waals surface area (Å²) in [5, 5.41) is 0. The van der Waals surface area contributed by atoms with Gasteiger partial charge in [0.05, 0.1) is 23.1 Å². The van der Waals surface area contributed by atoms with Gasteiger partial charge in [0.15, 0.2) is 0 Å². The largest absolute Gasteiger partial charge is 0.444 e. The molecule has 2 aromatic carbocycles. The number of likely N-dealkylation sites (tertiary alicyclic amines) is 1. The number of imidazole rings is 1. The molecule has 2 amide bonds. The van der Waals surface area contributed by atoms with Gasteiger partial charge in [-0.3, -0.25) is 4.79 Å². The van der Waals surface area contributed by atoms with Crippen LogP contribution >= 0.6 is 0 Å². The van der Waals surface area contributed by atoms with Crippen LogP contribution in [0.4, 0.5) is 13.6 Å². The highest BCUT2D eigenvalue weighted by Gasteiger charge is 2.45. The molecule has 10 heteroatoms. The molecule has 214 valence electrons. The Morgan fingerprint density at radius 2 is 1.98 bits per heavy atom. The molecule has 2 unspecified atom stereocenters. The molecule has 0 aliphatic carbocycles. The van der Waals surface area contributed by atoms with E-state index in [1.165, 1.54) is 6.07 Å². The third kappa shape index (κ3) is 4.77. The van der Waals surface area contributed by atoms with E-state index < -0.39 is 18.3 Å². The van der Waals surface area contributed by atoms with Gasteiger partial charge in [-0.1, -0.05) is 17.9 Å². The lowest BCUT2D eigenvalue weighted by Gasteiger charge is -2.25. The van der Waals surface area contributed by atoms with Gasteiger partial charge in [0.25, 0.3) is 5.91 Å². The van der Waals surface area contributed by atoms with Gasteiger partial charge >= 0.3 is 12.7 Å². The normalized spacial score (nSPS) is 23.3. The summed E-state index contributed by atoms with van der Waals surface area (Å²) < 4.78 is 39.2. The molecule has 1 aromatic heterocycles. The van der Waals surface area contributed by atoms with Crippen molar-refractivity contribution in [3.63, 3.8) is 0 Å². The predicted molar refractivity (Wildman–Crippen MR) is 148 cm³/mol. The Morgan fingerprint density at radius 3 is 2.71 bits per heavy atom. The van der Waals surface area contributed by atoms with Crippen LogP contribution in [0, 0.1) is 17.3 Å². The van der Waals surface area contributed by atoms with Crippen molar-refractivity contribution < 1.29 is 27.8 Å². The van der Waals surface area contributed by atoms with E-state index in [2.05, 4.69) is 11.8 Å². The molecule has 3 aliphatic rings. The summed E-state index contributed by atoms with van der Waals surface area (Å²) in [6.07, 6.45) is 0.906. The first-order valence-corrected chi connectivity index (χ1v) is 13.7. The highest BCUT2D eigenvalue weighted by Crippen LogP contribution is 2.50. The van der Waals surface area contributed by atoms with Gasteiger partial charge in [-0.15, -0.1) is 0 Å². The molecule has 3 atom stereocenters. The van der Waals surface area contributed by atoms with Crippen LogP contribution in [0.5, 0.6) is 5.75 Å². The SMILES string of the molecule is CN1C(=O)c2cccc(OC(F)F)c2[C@H]2CC1c1nc3ccc(C#CC4(C)CCN(C(=O)OC(C)(C)C)C4)cc3n12. The number of alkyl halides is 2. The number of carbonyl (C=O) groups excluding carboxylic acids is 2. The Bertz CT molecular complexity index is 1630. The van der Waals surface area contributed by atoms with E-state index >= 15 is 0 Å². The molecule has 1 saturated heterocycles. The molecule has 0 saturated carbocycles. The number of hydrogen-bond acceptors (Lipinski definition) is 5. The maximum Gasteiger partial charge on any atom is 0.410 e. The van der Waals surface area contributed by atoms with Gasteiger partial charge in [0.1, 0.15) is 17.2 Å². The Morgan fingerprint density at radius 1 is 1.20 bits per heavy atom. The second kappa shape index (κ2) is 9.47. The maximum atomic E-state index is 13.4. The van der Waals surface area contributed by atoms with Crippen molar-refractivity contribution in [1.29, 1.82) is 0 Å². The summed E-state index contributed by atoms with van der Waals surface area (Å²) in [7, 11) is 1.72. The van der Waals surface area contributed by atoms with Crippen molar-refractivity contribution >= 4 is 23.0 Å². The van der Waals surface area contributed by atoms with E-state index in [1.807, 2.05) is 50.5 Å². The Kier molecular flexibility index (Phi) is 6.25. The second-order valence-corrected chi connectivity index (χ2v) is 12.3. The van der Waals surface area contributed by atoms with Gasteiger partial charge in [-0.25, -0.2) is 9.78 Å². The lowest BCUT2D eigenvalue weighted by atomic mass is 9.90. The van der Waals surface area contributed by atoms with E-state index in [-0.39, 0.29) is 29.2 Å². The molecular formula is C31H32F2N4O4. The van der Waals surface area contributed by atoms with Crippen molar-refractivity contribution in [2.24, 2.45) is 5.41 Å². The fraction of sp³-hybridized carbons (Fsp3) is 0.452. The van der Waals surface area contributed by atoms with Crippen LogP contribution in [-0.2, 0) is 4.74 Å². The van der Waals surface area contributed by atoms with E-state index in [1.54, 1.807) is 29.0 Å². The van der Waals surface area contributed by atoms with Gasteiger partial charge in [-0.2, -0.15) is 8.78 Å². The van der Waals surface area contributed by atoms with Crippen LogP contribution < -0.4 is 4.74 Å². The minimum Gasteiger partial charge on any atom is -0.444 e. The maximum absolute atomic E-state index is 13.4. The summed E-state index contributed by atoms with van der Waals surface area (Å²) >= 11 is 0. The lowest BCUT2D eigenvalue weighted by molar-refractivity contribution is -0.0507. The number of benzene rings is 2. The Labute approximate surface area is 237 Å². The second-order valence-electron chi connectivity index (χ2n) is 12.3. The van der Waals surface area contributed by atoms with Crippen LogP contribution in [0.3, 0.4) is 0 Å². The Hall–Kier alpha value is -4.13. The molecule has 2 bridgehead atoms. The van der Waals surface area contributed by atoms with Crippen LogP contribution in [0.1, 0.15) is 79.9 Å². The van der Waals surface area contributed by atoms with Gasteiger partial charge in [-0.05, 0) is 64.4 Å². The molecule has 8 nitrogen and oxygen atoms in total. The monoisotopic (exact) mass is 562 g/mol. The summed E-state index contributed by atoms with van der Waals surface area (Å²) in [5.41, 5.74) is 2.18. The Balaban J connectivity index is 1.36. The molecular weight excluding hydrogens is 530 g/mol. The first kappa shape index (κ1) is 27.1. The fourth-order valence-corrected chi connectivity index (χ4v) is 6.13. The quantitative estimate of drug-likeness (QED) is 0.372. The van der Waals surface area contributed by atoms with Gasteiger partial charge in [0, 0.05) is 48.7 Å². The number of fused-ring (bicyclic) bond motifs is 9. The van der Waals surface area contributed by atoms with Crippen LogP contribution in [0.15, 0.2) is 36.4 Å². The summed E-state index contributed by atoms with van der Waals surface area (Å²) in [6, 6.07) is 9.74. The average molecular weight is 563 g/mol. The molecule has 3 aromatic rings. The summed E-state index contributed by atoms with van der Waals surface area (Å²) in [5.74, 6) is 7.13. The number of carbonyl (C=O) groups is 2. The predicted octanol–water partition coefficient (Wildman–Crippen LogP) is 5.76. The number of amides is 2. The molecule has 4 heterocycles. The molecule has 41 heavy (non-hydrogen) atoms. The number of halogens is 2. The topological polar surface area (TPSA) is 76.9 Å². The smallest absolute Gasteiger partial charge is 0.410 e. The lowest BCUT2D eigenvalue weighted by Crippen LogP contribution is -2.36. The highest BCUT2D eigenvalue weighted by atomic mass is 19.3. The van der Waals surface area contributed by atoms with Gasteiger partial charge in [0.2, 0.25) is 0 Å². The zero-order valence-electron chi connectivity index (χ0n) is 23.7. The zero-order valence-corrected chi connectivity index (χ0v) is 23.7. The van der Waals surface area contributed by atoms with Crippen molar-refractivity contribution in [3.05, 3.63) is 58.9 Å². The van der Waals surface area contributed by atoms with Crippen molar-refractivity contribution in [2.45, 2.75) is 64.8 Å². The summed E-state index contributed by atoms with van der Waals surface area (Å²) in [4.78, 5) is 34.0. The number of ether oxygens (including phenoxy) is 2. The highest BCUT2D eigenvalue weighted by molar-refractivity contribution is 5.97. The molecule has 0 spiro atoms. The number of rotatable bonds is 2. The molecule has 0 radical (unpaired) electrons. The van der Waals surface area contributed by atoms with Crippen molar-refractivity contribution in [1.82, 2.24) is 19.4 Å². The van der Waals surface area contributed by atoms with E-state index in [0.29, 0.717) is 36.5 Å². The van der Waals surface area contributed by atoms with Crippen molar-refractivity contribution in [2.75, 3.05) is 20.1 Å².